The molecule has 0 radical (unpaired) electrons. The Hall–Kier alpha value is -0.240. The number of carbonyl (C=O) groups excluding carboxylic acids is 1. The van der Waals surface area contributed by atoms with Crippen LogP contribution in [0.5, 0.6) is 0 Å². The second kappa shape index (κ2) is 6.10. The molecule has 7 heteroatoms. The predicted molar refractivity (Wildman–Crippen MR) is 85.9 cm³/mol. The quantitative estimate of drug-likeness (QED) is 0.792. The summed E-state index contributed by atoms with van der Waals surface area (Å²) >= 11 is 4.56. The van der Waals surface area contributed by atoms with Gasteiger partial charge >= 0.3 is 0 Å². The molecular formula is C14H18BrNO3S2. The van der Waals surface area contributed by atoms with Crippen molar-refractivity contribution in [1.29, 1.82) is 0 Å². The monoisotopic (exact) mass is 391 g/mol. The summed E-state index contributed by atoms with van der Waals surface area (Å²) < 4.78 is 28.5. The molecule has 0 amide bonds. The molecule has 3 rings (SSSR count). The summed E-state index contributed by atoms with van der Waals surface area (Å²) in [5, 5.41) is 1.77. The van der Waals surface area contributed by atoms with E-state index in [1.165, 1.54) is 11.3 Å². The van der Waals surface area contributed by atoms with Gasteiger partial charge in [0, 0.05) is 29.4 Å². The average molecular weight is 392 g/mol. The molecule has 0 N–H and O–H groups in total. The minimum Gasteiger partial charge on any atom is -0.299 e. The maximum atomic E-state index is 12.9. The highest BCUT2D eigenvalue weighted by molar-refractivity contribution is 9.10. The van der Waals surface area contributed by atoms with Gasteiger partial charge in [-0.25, -0.2) is 8.42 Å². The van der Waals surface area contributed by atoms with Crippen molar-refractivity contribution in [3.63, 3.8) is 0 Å². The molecule has 2 fully saturated rings. The lowest BCUT2D eigenvalue weighted by molar-refractivity contribution is -0.122. The van der Waals surface area contributed by atoms with Gasteiger partial charge in [-0.15, -0.1) is 11.3 Å². The van der Waals surface area contributed by atoms with E-state index in [0.29, 0.717) is 21.6 Å². The number of carbonyl (C=O) groups is 1. The molecule has 1 saturated carbocycles. The first kappa shape index (κ1) is 15.6. The number of thiophene rings is 1. The van der Waals surface area contributed by atoms with E-state index in [0.717, 1.165) is 32.1 Å². The number of rotatable bonds is 3. The Balaban J connectivity index is 1.94. The average Bonchev–Trinajstić information content (AvgIpc) is 3.07. The summed E-state index contributed by atoms with van der Waals surface area (Å²) in [7, 11) is -3.51. The zero-order chi connectivity index (χ0) is 15.0. The molecule has 2 aliphatic rings. The molecule has 0 aromatic carbocycles. The fourth-order valence-electron chi connectivity index (χ4n) is 3.45. The lowest BCUT2D eigenvalue weighted by Crippen LogP contribution is -2.48. The molecule has 21 heavy (non-hydrogen) atoms. The number of Topliss-reactive ketones (excluding diaryl/α,β-unsaturated/α-hetero) is 1. The van der Waals surface area contributed by atoms with Gasteiger partial charge in [-0.05, 0) is 53.1 Å². The Morgan fingerprint density at radius 3 is 2.67 bits per heavy atom. The molecule has 1 aromatic heterocycles. The van der Waals surface area contributed by atoms with Crippen LogP contribution >= 0.6 is 27.3 Å². The van der Waals surface area contributed by atoms with Crippen molar-refractivity contribution in [2.45, 2.75) is 48.8 Å². The van der Waals surface area contributed by atoms with Gasteiger partial charge in [-0.2, -0.15) is 4.31 Å². The number of ketones is 1. The van der Waals surface area contributed by atoms with Crippen LogP contribution in [-0.4, -0.2) is 31.1 Å². The van der Waals surface area contributed by atoms with Gasteiger partial charge in [0.05, 0.1) is 0 Å². The van der Waals surface area contributed by atoms with E-state index in [-0.39, 0.29) is 17.7 Å². The van der Waals surface area contributed by atoms with E-state index in [2.05, 4.69) is 15.9 Å². The molecule has 0 spiro atoms. The van der Waals surface area contributed by atoms with Crippen molar-refractivity contribution >= 4 is 43.1 Å². The second-order valence-corrected chi connectivity index (χ2v) is 9.56. The number of nitrogens with zero attached hydrogens (tertiary/aromatic N) is 1. The lowest BCUT2D eigenvalue weighted by Gasteiger charge is -2.37. The Kier molecular flexibility index (Phi) is 4.55. The first-order valence-electron chi connectivity index (χ1n) is 7.29. The summed E-state index contributed by atoms with van der Waals surface area (Å²) in [6.07, 6.45) is 5.03. The summed E-state index contributed by atoms with van der Waals surface area (Å²) in [6.45, 7) is 0.529. The Morgan fingerprint density at radius 2 is 2.05 bits per heavy atom. The number of sulfonamides is 1. The van der Waals surface area contributed by atoms with Crippen LogP contribution in [0.15, 0.2) is 20.1 Å². The summed E-state index contributed by atoms with van der Waals surface area (Å²) in [6, 6.07) is 1.62. The van der Waals surface area contributed by atoms with Gasteiger partial charge in [0.1, 0.15) is 9.99 Å². The van der Waals surface area contributed by atoms with Crippen LogP contribution in [0.25, 0.3) is 0 Å². The molecule has 0 bridgehead atoms. The topological polar surface area (TPSA) is 54.5 Å². The maximum absolute atomic E-state index is 12.9. The standard InChI is InChI=1S/C14H18BrNO3S2/c15-11-7-9-20-14(11)21(18,19)16-8-2-1-5-12(16)10-4-3-6-13(10)17/h7,9-10,12H,1-6,8H2. The Bertz CT molecular complexity index is 640. The fourth-order valence-corrected chi connectivity index (χ4v) is 7.61. The molecule has 1 aliphatic heterocycles. The second-order valence-electron chi connectivity index (χ2n) is 5.70. The van der Waals surface area contributed by atoms with Crippen LogP contribution in [0.4, 0.5) is 0 Å². The molecule has 116 valence electrons. The maximum Gasteiger partial charge on any atom is 0.253 e. The van der Waals surface area contributed by atoms with Crippen molar-refractivity contribution in [3.8, 4) is 0 Å². The van der Waals surface area contributed by atoms with E-state index >= 15 is 0 Å². The normalized spacial score (nSPS) is 28.1. The molecule has 1 saturated heterocycles. The third kappa shape index (κ3) is 2.85. The van der Waals surface area contributed by atoms with Crippen LogP contribution in [0.2, 0.25) is 0 Å². The molecule has 2 atom stereocenters. The van der Waals surface area contributed by atoms with Crippen LogP contribution in [0.3, 0.4) is 0 Å². The van der Waals surface area contributed by atoms with E-state index in [9.17, 15) is 13.2 Å². The fraction of sp³-hybridized carbons (Fsp3) is 0.643. The van der Waals surface area contributed by atoms with Gasteiger partial charge in [0.25, 0.3) is 10.0 Å². The number of hydrogen-bond acceptors (Lipinski definition) is 4. The van der Waals surface area contributed by atoms with E-state index < -0.39 is 10.0 Å². The molecule has 1 aromatic rings. The van der Waals surface area contributed by atoms with Crippen LogP contribution < -0.4 is 0 Å². The van der Waals surface area contributed by atoms with Gasteiger partial charge < -0.3 is 0 Å². The highest BCUT2D eigenvalue weighted by atomic mass is 79.9. The third-order valence-electron chi connectivity index (χ3n) is 4.44. The highest BCUT2D eigenvalue weighted by Gasteiger charge is 2.42. The molecule has 4 nitrogen and oxygen atoms in total. The molecule has 2 unspecified atom stereocenters. The van der Waals surface area contributed by atoms with Crippen molar-refractivity contribution in [3.05, 3.63) is 15.9 Å². The number of hydrogen-bond donors (Lipinski definition) is 0. The van der Waals surface area contributed by atoms with Crippen molar-refractivity contribution in [2.75, 3.05) is 6.54 Å². The van der Waals surface area contributed by atoms with Gasteiger partial charge in [-0.1, -0.05) is 6.42 Å². The molecule has 1 aliphatic carbocycles. The van der Waals surface area contributed by atoms with E-state index in [4.69, 9.17) is 0 Å². The van der Waals surface area contributed by atoms with Crippen molar-refractivity contribution < 1.29 is 13.2 Å². The molecule has 2 heterocycles. The van der Waals surface area contributed by atoms with Crippen molar-refractivity contribution in [1.82, 2.24) is 4.31 Å². The zero-order valence-corrected chi connectivity index (χ0v) is 14.8. The van der Waals surface area contributed by atoms with Gasteiger partial charge in [0.2, 0.25) is 0 Å². The highest BCUT2D eigenvalue weighted by Crippen LogP contribution is 2.38. The molecular weight excluding hydrogens is 374 g/mol. The smallest absolute Gasteiger partial charge is 0.253 e. The predicted octanol–water partition coefficient (Wildman–Crippen LogP) is 3.42. The summed E-state index contributed by atoms with van der Waals surface area (Å²) in [4.78, 5) is 12.1. The Labute approximate surface area is 137 Å². The SMILES string of the molecule is O=C1CCCC1C1CCCCN1S(=O)(=O)c1sccc1Br. The number of piperidine rings is 1. The summed E-state index contributed by atoms with van der Waals surface area (Å²) in [5.41, 5.74) is 0. The van der Waals surface area contributed by atoms with Crippen LogP contribution in [0, 0.1) is 5.92 Å². The van der Waals surface area contributed by atoms with Gasteiger partial charge in [0.15, 0.2) is 0 Å². The van der Waals surface area contributed by atoms with Crippen molar-refractivity contribution in [2.24, 2.45) is 5.92 Å². The minimum absolute atomic E-state index is 0.0983. The van der Waals surface area contributed by atoms with Gasteiger partial charge in [-0.3, -0.25) is 4.79 Å². The number of halogens is 1. The first-order chi connectivity index (χ1) is 10.0. The zero-order valence-electron chi connectivity index (χ0n) is 11.6. The first-order valence-corrected chi connectivity index (χ1v) is 10.4. The largest absolute Gasteiger partial charge is 0.299 e. The van der Waals surface area contributed by atoms with E-state index in [1.54, 1.807) is 15.8 Å². The Morgan fingerprint density at radius 1 is 1.24 bits per heavy atom. The lowest BCUT2D eigenvalue weighted by atomic mass is 9.90. The van der Waals surface area contributed by atoms with Crippen LogP contribution in [-0.2, 0) is 14.8 Å². The third-order valence-corrected chi connectivity index (χ3v) is 9.01. The van der Waals surface area contributed by atoms with E-state index in [1.807, 2.05) is 0 Å². The van der Waals surface area contributed by atoms with Crippen LogP contribution in [0.1, 0.15) is 38.5 Å². The summed E-state index contributed by atoms with van der Waals surface area (Å²) in [5.74, 6) is 0.145. The minimum atomic E-state index is -3.51.